The molecule has 2 rings (SSSR count). The highest BCUT2D eigenvalue weighted by atomic mass is 19.4. The maximum Gasteiger partial charge on any atom is 0.421 e. The van der Waals surface area contributed by atoms with Crippen molar-refractivity contribution in [2.45, 2.75) is 31.5 Å². The Morgan fingerprint density at radius 3 is 2.70 bits per heavy atom. The molecule has 0 unspecified atom stereocenters. The van der Waals surface area contributed by atoms with Crippen LogP contribution in [0.4, 0.5) is 19.0 Å². The first-order chi connectivity index (χ1) is 9.27. The van der Waals surface area contributed by atoms with Crippen molar-refractivity contribution in [1.29, 1.82) is 0 Å². The van der Waals surface area contributed by atoms with Crippen LogP contribution < -0.4 is 10.9 Å². The van der Waals surface area contributed by atoms with Crippen molar-refractivity contribution in [1.82, 2.24) is 10.2 Å². The SMILES string of the molecule is O=C(O)[C@H]1CC[C@H](Nc2cc(C(F)(F)F)c(=O)[nH]n2)C1. The third-order valence-electron chi connectivity index (χ3n) is 3.24. The number of carboxylic acids is 1. The average Bonchev–Trinajstić information content (AvgIpc) is 2.79. The number of nitrogens with one attached hydrogen (secondary N) is 2. The van der Waals surface area contributed by atoms with Crippen molar-refractivity contribution in [2.24, 2.45) is 5.92 Å². The van der Waals surface area contributed by atoms with Gasteiger partial charge in [-0.05, 0) is 19.3 Å². The third kappa shape index (κ3) is 3.09. The molecule has 1 aliphatic rings. The van der Waals surface area contributed by atoms with Crippen LogP contribution in [0.3, 0.4) is 0 Å². The molecule has 1 fully saturated rings. The number of hydrogen-bond acceptors (Lipinski definition) is 4. The number of aromatic nitrogens is 2. The van der Waals surface area contributed by atoms with Gasteiger partial charge in [-0.1, -0.05) is 0 Å². The third-order valence-corrected chi connectivity index (χ3v) is 3.24. The van der Waals surface area contributed by atoms with Gasteiger partial charge in [-0.3, -0.25) is 9.59 Å². The number of aliphatic carboxylic acids is 1. The van der Waals surface area contributed by atoms with Crippen LogP contribution in [0, 0.1) is 5.92 Å². The second-order valence-corrected chi connectivity index (χ2v) is 4.68. The van der Waals surface area contributed by atoms with Crippen molar-refractivity contribution in [3.8, 4) is 0 Å². The normalized spacial score (nSPS) is 22.8. The molecule has 1 aromatic rings. The van der Waals surface area contributed by atoms with E-state index in [2.05, 4.69) is 10.4 Å². The van der Waals surface area contributed by atoms with Gasteiger partial charge in [0.15, 0.2) is 0 Å². The Morgan fingerprint density at radius 2 is 2.15 bits per heavy atom. The number of aromatic amines is 1. The lowest BCUT2D eigenvalue weighted by Gasteiger charge is -2.14. The number of halogens is 3. The summed E-state index contributed by atoms with van der Waals surface area (Å²) in [6, 6.07) is 0.364. The van der Waals surface area contributed by atoms with Crippen molar-refractivity contribution < 1.29 is 23.1 Å². The van der Waals surface area contributed by atoms with E-state index in [1.807, 2.05) is 0 Å². The second-order valence-electron chi connectivity index (χ2n) is 4.68. The van der Waals surface area contributed by atoms with Crippen LogP contribution >= 0.6 is 0 Å². The van der Waals surface area contributed by atoms with E-state index in [4.69, 9.17) is 5.11 Å². The summed E-state index contributed by atoms with van der Waals surface area (Å²) in [7, 11) is 0. The number of nitrogens with zero attached hydrogens (tertiary/aromatic N) is 1. The van der Waals surface area contributed by atoms with Crippen molar-refractivity contribution >= 4 is 11.8 Å². The minimum Gasteiger partial charge on any atom is -0.481 e. The molecule has 0 aromatic carbocycles. The van der Waals surface area contributed by atoms with E-state index in [0.29, 0.717) is 25.3 Å². The molecule has 0 bridgehead atoms. The summed E-state index contributed by atoms with van der Waals surface area (Å²) in [6.45, 7) is 0. The number of alkyl halides is 3. The van der Waals surface area contributed by atoms with Crippen LogP contribution in [0.1, 0.15) is 24.8 Å². The maximum absolute atomic E-state index is 12.6. The molecule has 1 heterocycles. The van der Waals surface area contributed by atoms with Gasteiger partial charge in [-0.15, -0.1) is 0 Å². The van der Waals surface area contributed by atoms with E-state index in [9.17, 15) is 22.8 Å². The molecule has 0 radical (unpaired) electrons. The van der Waals surface area contributed by atoms with Crippen molar-refractivity contribution in [3.05, 3.63) is 22.0 Å². The Labute approximate surface area is 111 Å². The van der Waals surface area contributed by atoms with Gasteiger partial charge in [0.05, 0.1) is 5.92 Å². The molecule has 2 atom stereocenters. The first-order valence-electron chi connectivity index (χ1n) is 5.93. The minimum absolute atomic E-state index is 0.118. The van der Waals surface area contributed by atoms with Gasteiger partial charge in [0, 0.05) is 12.1 Å². The van der Waals surface area contributed by atoms with E-state index >= 15 is 0 Å². The number of rotatable bonds is 3. The summed E-state index contributed by atoms with van der Waals surface area (Å²) in [5, 5.41) is 16.8. The lowest BCUT2D eigenvalue weighted by molar-refractivity contribution is -0.141. The van der Waals surface area contributed by atoms with E-state index in [1.54, 1.807) is 5.10 Å². The zero-order chi connectivity index (χ0) is 14.9. The number of hydrogen-bond donors (Lipinski definition) is 3. The summed E-state index contributed by atoms with van der Waals surface area (Å²) < 4.78 is 37.7. The van der Waals surface area contributed by atoms with E-state index in [1.165, 1.54) is 0 Å². The largest absolute Gasteiger partial charge is 0.481 e. The van der Waals surface area contributed by atoms with Gasteiger partial charge in [0.1, 0.15) is 11.4 Å². The molecule has 1 saturated carbocycles. The minimum atomic E-state index is -4.76. The Balaban J connectivity index is 2.12. The monoisotopic (exact) mass is 291 g/mol. The van der Waals surface area contributed by atoms with E-state index in [-0.39, 0.29) is 11.9 Å². The molecule has 1 aromatic heterocycles. The summed E-state index contributed by atoms with van der Waals surface area (Å²) in [6.07, 6.45) is -3.45. The molecule has 110 valence electrons. The molecule has 0 aliphatic heterocycles. The molecule has 0 amide bonds. The van der Waals surface area contributed by atoms with Crippen LogP contribution in [0.15, 0.2) is 10.9 Å². The molecular weight excluding hydrogens is 279 g/mol. The van der Waals surface area contributed by atoms with Crippen molar-refractivity contribution in [3.63, 3.8) is 0 Å². The fourth-order valence-corrected chi connectivity index (χ4v) is 2.24. The molecular formula is C11H12F3N3O3. The zero-order valence-electron chi connectivity index (χ0n) is 10.2. The van der Waals surface area contributed by atoms with Gasteiger partial charge in [0.25, 0.3) is 5.56 Å². The highest BCUT2D eigenvalue weighted by Crippen LogP contribution is 2.30. The highest BCUT2D eigenvalue weighted by molar-refractivity contribution is 5.70. The standard InChI is InChI=1S/C11H12F3N3O3/c12-11(13,14)7-4-8(16-17-9(7)18)15-6-2-1-5(3-6)10(19)20/h4-6H,1-3H2,(H,15,16)(H,17,18)(H,19,20)/t5-,6-/m0/s1. The summed E-state index contributed by atoms with van der Waals surface area (Å²) in [4.78, 5) is 21.8. The average molecular weight is 291 g/mol. The quantitative estimate of drug-likeness (QED) is 0.783. The Kier molecular flexibility index (Phi) is 3.69. The molecule has 3 N–H and O–H groups in total. The first kappa shape index (κ1) is 14.4. The maximum atomic E-state index is 12.6. The predicted molar refractivity (Wildman–Crippen MR) is 62.2 cm³/mol. The molecule has 9 heteroatoms. The van der Waals surface area contributed by atoms with Crippen LogP contribution in [0.2, 0.25) is 0 Å². The van der Waals surface area contributed by atoms with Gasteiger partial charge < -0.3 is 10.4 Å². The van der Waals surface area contributed by atoms with Gasteiger partial charge >= 0.3 is 12.1 Å². The Hall–Kier alpha value is -2.06. The smallest absolute Gasteiger partial charge is 0.421 e. The molecule has 0 saturated heterocycles. The van der Waals surface area contributed by atoms with Gasteiger partial charge in [0.2, 0.25) is 0 Å². The van der Waals surface area contributed by atoms with Gasteiger partial charge in [-0.25, -0.2) is 5.10 Å². The van der Waals surface area contributed by atoms with Crippen molar-refractivity contribution in [2.75, 3.05) is 5.32 Å². The number of H-pyrrole nitrogens is 1. The molecule has 1 aliphatic carbocycles. The Bertz CT molecular complexity index is 570. The fraction of sp³-hybridized carbons (Fsp3) is 0.545. The van der Waals surface area contributed by atoms with E-state index in [0.717, 1.165) is 0 Å². The zero-order valence-corrected chi connectivity index (χ0v) is 10.2. The second kappa shape index (κ2) is 5.14. The first-order valence-corrected chi connectivity index (χ1v) is 5.93. The van der Waals surface area contributed by atoms with Crippen LogP contribution in [0.5, 0.6) is 0 Å². The lowest BCUT2D eigenvalue weighted by Crippen LogP contribution is -2.25. The molecule has 0 spiro atoms. The summed E-state index contributed by atoms with van der Waals surface area (Å²) in [5.41, 5.74) is -2.64. The van der Waals surface area contributed by atoms with Crippen LogP contribution in [-0.2, 0) is 11.0 Å². The summed E-state index contributed by atoms with van der Waals surface area (Å²) in [5.74, 6) is -1.54. The fourth-order valence-electron chi connectivity index (χ4n) is 2.24. The predicted octanol–water partition coefficient (Wildman–Crippen LogP) is 1.45. The summed E-state index contributed by atoms with van der Waals surface area (Å²) >= 11 is 0. The highest BCUT2D eigenvalue weighted by Gasteiger charge is 2.35. The number of anilines is 1. The lowest BCUT2D eigenvalue weighted by atomic mass is 10.1. The molecule has 6 nitrogen and oxygen atoms in total. The van der Waals surface area contributed by atoms with Crippen LogP contribution in [-0.4, -0.2) is 27.3 Å². The van der Waals surface area contributed by atoms with E-state index < -0.39 is 29.2 Å². The Morgan fingerprint density at radius 1 is 1.45 bits per heavy atom. The topological polar surface area (TPSA) is 95.1 Å². The molecule has 20 heavy (non-hydrogen) atoms. The number of carboxylic acid groups (broad SMARTS) is 1. The van der Waals surface area contributed by atoms with Gasteiger partial charge in [-0.2, -0.15) is 18.3 Å². The van der Waals surface area contributed by atoms with Crippen LogP contribution in [0.25, 0.3) is 0 Å². The number of carbonyl (C=O) groups is 1.